The van der Waals surface area contributed by atoms with Crippen LogP contribution in [0.15, 0.2) is 47.3 Å². The maximum atomic E-state index is 12.7. The molecule has 2 atom stereocenters. The van der Waals surface area contributed by atoms with Gasteiger partial charge in [-0.1, -0.05) is 32.0 Å². The van der Waals surface area contributed by atoms with Gasteiger partial charge in [0.15, 0.2) is 5.78 Å². The Morgan fingerprint density at radius 1 is 1.10 bits per heavy atom. The van der Waals surface area contributed by atoms with E-state index in [1.165, 1.54) is 24.3 Å². The van der Waals surface area contributed by atoms with E-state index in [0.717, 1.165) is 5.69 Å². The van der Waals surface area contributed by atoms with Gasteiger partial charge >= 0.3 is 5.97 Å². The molecule has 2 rings (SSSR count). The number of carbonyl (C=O) groups excluding carboxylic acids is 2. The number of likely N-dealkylation sites (N-methyl/N-ethyl adjacent to an activating group) is 1. The molecular formula is C22H28N2O5. The number of hydrogen-bond donors (Lipinski definition) is 2. The zero-order valence-electron chi connectivity index (χ0n) is 17.2. The van der Waals surface area contributed by atoms with Crippen LogP contribution < -0.4 is 5.32 Å². The molecule has 0 fully saturated rings. The number of furan rings is 1. The molecule has 0 radical (unpaired) electrons. The highest BCUT2D eigenvalue weighted by Crippen LogP contribution is 2.25. The SMILES string of the molecule is CC(=O)C(=O)C(Cc1cocc1Nc1ccccc1)N(C)C(CC(C)C)C(=O)O. The van der Waals surface area contributed by atoms with Gasteiger partial charge in [-0.2, -0.15) is 0 Å². The maximum Gasteiger partial charge on any atom is 0.320 e. The predicted octanol–water partition coefficient (Wildman–Crippen LogP) is 3.52. The van der Waals surface area contributed by atoms with Crippen LogP contribution in [-0.4, -0.2) is 46.7 Å². The third-order valence-corrected chi connectivity index (χ3v) is 4.82. The number of ketones is 2. The molecule has 1 heterocycles. The molecular weight excluding hydrogens is 372 g/mol. The number of carboxylic acids is 1. The normalized spacial score (nSPS) is 13.3. The minimum absolute atomic E-state index is 0.121. The lowest BCUT2D eigenvalue weighted by molar-refractivity contribution is -0.147. The third kappa shape index (κ3) is 6.02. The Morgan fingerprint density at radius 2 is 1.76 bits per heavy atom. The highest BCUT2D eigenvalue weighted by Gasteiger charge is 2.35. The van der Waals surface area contributed by atoms with Crippen molar-refractivity contribution in [2.75, 3.05) is 12.4 Å². The lowest BCUT2D eigenvalue weighted by atomic mass is 9.95. The van der Waals surface area contributed by atoms with Crippen LogP contribution in [-0.2, 0) is 20.8 Å². The van der Waals surface area contributed by atoms with Gasteiger partial charge in [-0.05, 0) is 31.5 Å². The third-order valence-electron chi connectivity index (χ3n) is 4.82. The summed E-state index contributed by atoms with van der Waals surface area (Å²) >= 11 is 0. The molecule has 2 aromatic rings. The maximum absolute atomic E-state index is 12.7. The molecule has 0 saturated carbocycles. The second-order valence-electron chi connectivity index (χ2n) is 7.59. The van der Waals surface area contributed by atoms with E-state index in [1.807, 2.05) is 44.2 Å². The first-order valence-electron chi connectivity index (χ1n) is 9.57. The molecule has 29 heavy (non-hydrogen) atoms. The fourth-order valence-corrected chi connectivity index (χ4v) is 3.24. The van der Waals surface area contributed by atoms with E-state index >= 15 is 0 Å². The molecule has 2 unspecified atom stereocenters. The van der Waals surface area contributed by atoms with Gasteiger partial charge in [-0.25, -0.2) is 0 Å². The fourth-order valence-electron chi connectivity index (χ4n) is 3.24. The first-order chi connectivity index (χ1) is 13.7. The second kappa shape index (κ2) is 10.0. The summed E-state index contributed by atoms with van der Waals surface area (Å²) in [4.78, 5) is 37.8. The van der Waals surface area contributed by atoms with Gasteiger partial charge in [-0.15, -0.1) is 0 Å². The van der Waals surface area contributed by atoms with Crippen molar-refractivity contribution >= 4 is 28.9 Å². The van der Waals surface area contributed by atoms with Gasteiger partial charge < -0.3 is 14.8 Å². The van der Waals surface area contributed by atoms with E-state index in [9.17, 15) is 19.5 Å². The number of rotatable bonds is 11. The van der Waals surface area contributed by atoms with E-state index in [2.05, 4.69) is 5.32 Å². The number of nitrogens with one attached hydrogen (secondary N) is 1. The first kappa shape index (κ1) is 22.4. The van der Waals surface area contributed by atoms with Crippen molar-refractivity contribution in [2.45, 2.75) is 45.7 Å². The summed E-state index contributed by atoms with van der Waals surface area (Å²) in [5.74, 6) is -2.11. The van der Waals surface area contributed by atoms with E-state index in [-0.39, 0.29) is 12.3 Å². The molecule has 0 aliphatic carbocycles. The van der Waals surface area contributed by atoms with Crippen LogP contribution in [0.5, 0.6) is 0 Å². The Hall–Kier alpha value is -2.93. The number of para-hydroxylation sites is 1. The predicted molar refractivity (Wildman–Crippen MR) is 110 cm³/mol. The number of benzene rings is 1. The zero-order chi connectivity index (χ0) is 21.6. The fraction of sp³-hybridized carbons (Fsp3) is 0.409. The molecule has 0 saturated heterocycles. The van der Waals surface area contributed by atoms with Crippen molar-refractivity contribution in [1.82, 2.24) is 4.90 Å². The number of anilines is 2. The lowest BCUT2D eigenvalue weighted by Crippen LogP contribution is -2.51. The van der Waals surface area contributed by atoms with Gasteiger partial charge in [-0.3, -0.25) is 19.3 Å². The number of carbonyl (C=O) groups is 3. The zero-order valence-corrected chi connectivity index (χ0v) is 17.2. The molecule has 0 spiro atoms. The van der Waals surface area contributed by atoms with Crippen LogP contribution in [0, 0.1) is 5.92 Å². The topological polar surface area (TPSA) is 99.9 Å². The van der Waals surface area contributed by atoms with E-state index in [4.69, 9.17) is 4.42 Å². The van der Waals surface area contributed by atoms with Crippen molar-refractivity contribution < 1.29 is 23.9 Å². The highest BCUT2D eigenvalue weighted by molar-refractivity contribution is 6.38. The smallest absolute Gasteiger partial charge is 0.320 e. The van der Waals surface area contributed by atoms with Crippen LogP contribution in [0.3, 0.4) is 0 Å². The number of aliphatic carboxylic acids is 1. The van der Waals surface area contributed by atoms with Crippen LogP contribution >= 0.6 is 0 Å². The van der Waals surface area contributed by atoms with Crippen molar-refractivity contribution in [3.8, 4) is 0 Å². The Bertz CT molecular complexity index is 844. The molecule has 1 aromatic carbocycles. The highest BCUT2D eigenvalue weighted by atomic mass is 16.4. The largest absolute Gasteiger partial charge is 0.480 e. The summed E-state index contributed by atoms with van der Waals surface area (Å²) < 4.78 is 5.32. The van der Waals surface area contributed by atoms with Crippen LogP contribution in [0.1, 0.15) is 32.8 Å². The molecule has 7 nitrogen and oxygen atoms in total. The summed E-state index contributed by atoms with van der Waals surface area (Å²) in [6.45, 7) is 5.05. The minimum atomic E-state index is -1.02. The molecule has 156 valence electrons. The van der Waals surface area contributed by atoms with E-state index < -0.39 is 29.6 Å². The Labute approximate surface area is 170 Å². The molecule has 2 N–H and O–H groups in total. The summed E-state index contributed by atoms with van der Waals surface area (Å²) in [7, 11) is 1.58. The van der Waals surface area contributed by atoms with Gasteiger partial charge in [0.25, 0.3) is 0 Å². The Kier molecular flexibility index (Phi) is 7.73. The summed E-state index contributed by atoms with van der Waals surface area (Å²) in [5.41, 5.74) is 2.21. The minimum Gasteiger partial charge on any atom is -0.480 e. The van der Waals surface area contributed by atoms with Crippen molar-refractivity contribution in [2.24, 2.45) is 5.92 Å². The number of hydrogen-bond acceptors (Lipinski definition) is 6. The molecule has 0 aliphatic rings. The number of carboxylic acid groups (broad SMARTS) is 1. The van der Waals surface area contributed by atoms with E-state index in [1.54, 1.807) is 7.05 Å². The van der Waals surface area contributed by atoms with Gasteiger partial charge in [0.1, 0.15) is 12.3 Å². The van der Waals surface area contributed by atoms with Gasteiger partial charge in [0, 0.05) is 24.6 Å². The van der Waals surface area contributed by atoms with Crippen molar-refractivity contribution in [3.63, 3.8) is 0 Å². The average molecular weight is 400 g/mol. The molecule has 1 aromatic heterocycles. The molecule has 0 amide bonds. The van der Waals surface area contributed by atoms with Crippen molar-refractivity contribution in [1.29, 1.82) is 0 Å². The molecule has 7 heteroatoms. The second-order valence-corrected chi connectivity index (χ2v) is 7.59. The number of nitrogens with zero attached hydrogens (tertiary/aromatic N) is 1. The molecule has 0 bridgehead atoms. The first-order valence-corrected chi connectivity index (χ1v) is 9.57. The quantitative estimate of drug-likeness (QED) is 0.557. The van der Waals surface area contributed by atoms with Crippen LogP contribution in [0.2, 0.25) is 0 Å². The Morgan fingerprint density at radius 3 is 2.31 bits per heavy atom. The number of Topliss-reactive ketones (excluding diaryl/α,β-unsaturated/α-hetero) is 2. The van der Waals surface area contributed by atoms with Crippen LogP contribution in [0.4, 0.5) is 11.4 Å². The van der Waals surface area contributed by atoms with Gasteiger partial charge in [0.2, 0.25) is 5.78 Å². The van der Waals surface area contributed by atoms with E-state index in [0.29, 0.717) is 17.7 Å². The average Bonchev–Trinajstić information content (AvgIpc) is 3.10. The van der Waals surface area contributed by atoms with Crippen LogP contribution in [0.25, 0.3) is 0 Å². The molecule has 0 aliphatic heterocycles. The van der Waals surface area contributed by atoms with Crippen molar-refractivity contribution in [3.05, 3.63) is 48.4 Å². The lowest BCUT2D eigenvalue weighted by Gasteiger charge is -2.32. The summed E-state index contributed by atoms with van der Waals surface area (Å²) in [6.07, 6.45) is 3.56. The summed E-state index contributed by atoms with van der Waals surface area (Å²) in [6, 6.07) is 7.69. The summed E-state index contributed by atoms with van der Waals surface area (Å²) in [5, 5.41) is 12.9. The Balaban J connectivity index is 2.30. The standard InChI is InChI=1S/C22H28N2O5/c1-14(2)10-20(22(27)28)24(4)19(21(26)15(3)25)11-16-12-29-13-18(16)23-17-8-6-5-7-9-17/h5-9,12-14,19-20,23H,10-11H2,1-4H3,(H,27,28). The monoisotopic (exact) mass is 400 g/mol. The van der Waals surface area contributed by atoms with Gasteiger partial charge in [0.05, 0.1) is 18.0 Å².